The molecule has 2 aliphatic carbocycles. The van der Waals surface area contributed by atoms with Gasteiger partial charge in [0.2, 0.25) is 0 Å². The number of rotatable bonds is 5. The van der Waals surface area contributed by atoms with E-state index in [1.807, 2.05) is 6.07 Å². The number of aryl methyl sites for hydroxylation is 1. The second-order valence-electron chi connectivity index (χ2n) is 8.86. The summed E-state index contributed by atoms with van der Waals surface area (Å²) in [4.78, 5) is 13.3. The van der Waals surface area contributed by atoms with Crippen LogP contribution in [0.4, 0.5) is 18.0 Å². The average Bonchev–Trinajstić information content (AvgIpc) is 3.40. The van der Waals surface area contributed by atoms with Gasteiger partial charge in [-0.3, -0.25) is 4.98 Å². The molecule has 0 spiro atoms. The molecule has 0 bridgehead atoms. The maximum atomic E-state index is 13.7. The number of pyridine rings is 1. The lowest BCUT2D eigenvalue weighted by atomic mass is 10.0. The van der Waals surface area contributed by atoms with Crippen LogP contribution in [0.25, 0.3) is 11.1 Å². The van der Waals surface area contributed by atoms with E-state index < -0.39 is 43.4 Å². The molecule has 0 saturated heterocycles. The highest BCUT2D eigenvalue weighted by Gasteiger charge is 2.45. The van der Waals surface area contributed by atoms with Crippen molar-refractivity contribution in [2.45, 2.75) is 67.0 Å². The Kier molecular flexibility index (Phi) is 7.95. The molecule has 2 fully saturated rings. The van der Waals surface area contributed by atoms with Crippen LogP contribution >= 0.6 is 0 Å². The number of hydrogen-bond donors (Lipinski definition) is 2. The minimum atomic E-state index is -4.78. The van der Waals surface area contributed by atoms with Crippen LogP contribution in [0.2, 0.25) is 0 Å². The molecule has 2 N–H and O–H groups in total. The number of benzene rings is 1. The highest BCUT2D eigenvalue weighted by atomic mass is 32.2. The summed E-state index contributed by atoms with van der Waals surface area (Å²) in [6.45, 7) is 1.74. The van der Waals surface area contributed by atoms with Crippen LogP contribution in [0.3, 0.4) is 0 Å². The number of carboxylic acid groups (broad SMARTS) is 1. The number of carbonyl (C=O) groups is 1. The zero-order valence-corrected chi connectivity index (χ0v) is 20.5. The van der Waals surface area contributed by atoms with Gasteiger partial charge < -0.3 is 15.2 Å². The molecule has 12 heteroatoms. The highest BCUT2D eigenvalue weighted by molar-refractivity contribution is 7.92. The van der Waals surface area contributed by atoms with E-state index in [-0.39, 0.29) is 12.5 Å². The maximum absolute atomic E-state index is 13.7. The molecule has 8 nitrogen and oxygen atoms in total. The predicted octanol–water partition coefficient (Wildman–Crippen LogP) is 4.73. The third-order valence-corrected chi connectivity index (χ3v) is 8.52. The lowest BCUT2D eigenvalue weighted by Crippen LogP contribution is -2.33. The summed E-state index contributed by atoms with van der Waals surface area (Å²) < 4.78 is 72.0. The molecular formula is C24H26F3N3O5S. The van der Waals surface area contributed by atoms with Gasteiger partial charge in [0.15, 0.2) is 9.84 Å². The lowest BCUT2D eigenvalue weighted by molar-refractivity contribution is -0.139. The normalized spacial score (nSPS) is 20.6. The van der Waals surface area contributed by atoms with E-state index in [9.17, 15) is 26.4 Å². The van der Waals surface area contributed by atoms with Crippen molar-refractivity contribution in [3.63, 3.8) is 0 Å². The van der Waals surface area contributed by atoms with Crippen molar-refractivity contribution in [1.82, 2.24) is 10.3 Å². The van der Waals surface area contributed by atoms with E-state index in [0.717, 1.165) is 12.1 Å². The fourth-order valence-corrected chi connectivity index (χ4v) is 6.09. The number of sulfone groups is 1. The van der Waals surface area contributed by atoms with Gasteiger partial charge in [-0.25, -0.2) is 13.2 Å². The first kappa shape index (κ1) is 27.4. The number of aromatic nitrogens is 1. The Bertz CT molecular complexity index is 1270. The van der Waals surface area contributed by atoms with Gasteiger partial charge in [-0.15, -0.1) is 0 Å². The summed E-state index contributed by atoms with van der Waals surface area (Å²) in [5, 5.41) is 17.8. The second-order valence-corrected chi connectivity index (χ2v) is 11.1. The van der Waals surface area contributed by atoms with Crippen molar-refractivity contribution in [3.05, 3.63) is 47.8 Å². The van der Waals surface area contributed by atoms with Crippen LogP contribution in [0.1, 0.15) is 43.4 Å². The maximum Gasteiger partial charge on any atom is 0.417 e. The number of methoxy groups -OCH3 is 1. The summed E-state index contributed by atoms with van der Waals surface area (Å²) in [7, 11) is -2.64. The van der Waals surface area contributed by atoms with Gasteiger partial charge in [0.1, 0.15) is 5.54 Å². The molecule has 2 saturated carbocycles. The van der Waals surface area contributed by atoms with Gasteiger partial charge in [-0.05, 0) is 74.4 Å². The first-order valence-corrected chi connectivity index (χ1v) is 12.7. The Labute approximate surface area is 207 Å². The number of alkyl halides is 3. The summed E-state index contributed by atoms with van der Waals surface area (Å²) in [6.07, 6.45) is -2.30. The largest absolute Gasteiger partial charge is 0.465 e. The van der Waals surface area contributed by atoms with E-state index in [1.54, 1.807) is 19.1 Å². The molecule has 1 aromatic carbocycles. The summed E-state index contributed by atoms with van der Waals surface area (Å²) in [5.74, 6) is 0. The monoisotopic (exact) mass is 525 g/mol. The third kappa shape index (κ3) is 6.33. The number of halogens is 3. The van der Waals surface area contributed by atoms with Crippen molar-refractivity contribution in [3.8, 4) is 17.2 Å². The van der Waals surface area contributed by atoms with Gasteiger partial charge in [0.05, 0.1) is 27.9 Å². The van der Waals surface area contributed by atoms with Crippen molar-refractivity contribution < 1.29 is 36.2 Å². The SMILES string of the molecule is CO[C@H]1CC[C@H](S(=O)(=O)c2ccc(-c3ccnc(C)c3)cc2C(F)(F)F)C1.N#CC1(NC(=O)O)CC1. The Hall–Kier alpha value is -3.17. The Morgan fingerprint density at radius 1 is 1.22 bits per heavy atom. The number of nitrogens with zero attached hydrogens (tertiary/aromatic N) is 2. The lowest BCUT2D eigenvalue weighted by Gasteiger charge is -2.18. The van der Waals surface area contributed by atoms with Gasteiger partial charge in [-0.1, -0.05) is 6.07 Å². The van der Waals surface area contributed by atoms with Crippen LogP contribution in [0, 0.1) is 18.3 Å². The minimum Gasteiger partial charge on any atom is -0.465 e. The Balaban J connectivity index is 0.000000338. The molecule has 0 aliphatic heterocycles. The van der Waals surface area contributed by atoms with E-state index in [1.165, 1.54) is 19.4 Å². The zero-order valence-electron chi connectivity index (χ0n) is 19.7. The molecule has 1 aromatic heterocycles. The van der Waals surface area contributed by atoms with Gasteiger partial charge in [0, 0.05) is 19.0 Å². The molecule has 36 heavy (non-hydrogen) atoms. The van der Waals surface area contributed by atoms with Gasteiger partial charge >= 0.3 is 12.3 Å². The highest BCUT2D eigenvalue weighted by Crippen LogP contribution is 2.40. The molecule has 2 aliphatic rings. The Morgan fingerprint density at radius 3 is 2.36 bits per heavy atom. The summed E-state index contributed by atoms with van der Waals surface area (Å²) in [6, 6.07) is 8.54. The standard InChI is InChI=1S/C19H20F3NO3S.C5H6N2O2/c1-12-9-14(7-8-23-12)13-3-6-18(17(10-13)19(20,21)22)27(24,25)16-5-4-15(11-16)26-2;6-3-5(1-2-5)7-4(8)9/h3,6-10,15-16H,4-5,11H2,1-2H3;7H,1-2H2,(H,8,9)/t15-,16-;/m0./s1. The molecule has 0 unspecified atom stereocenters. The predicted molar refractivity (Wildman–Crippen MR) is 124 cm³/mol. The quantitative estimate of drug-likeness (QED) is 0.577. The van der Waals surface area contributed by atoms with Crippen LogP contribution < -0.4 is 5.32 Å². The van der Waals surface area contributed by atoms with Crippen molar-refractivity contribution in [2.75, 3.05) is 7.11 Å². The summed E-state index contributed by atoms with van der Waals surface area (Å²) in [5.41, 5.74) is -0.346. The number of amides is 1. The molecule has 0 radical (unpaired) electrons. The number of hydrogen-bond acceptors (Lipinski definition) is 6. The van der Waals surface area contributed by atoms with Crippen LogP contribution in [0.5, 0.6) is 0 Å². The van der Waals surface area contributed by atoms with Crippen molar-refractivity contribution in [1.29, 1.82) is 5.26 Å². The van der Waals surface area contributed by atoms with E-state index in [4.69, 9.17) is 15.1 Å². The van der Waals surface area contributed by atoms with E-state index >= 15 is 0 Å². The molecular weight excluding hydrogens is 499 g/mol. The van der Waals surface area contributed by atoms with Crippen LogP contribution in [0.15, 0.2) is 41.4 Å². The smallest absolute Gasteiger partial charge is 0.417 e. The minimum absolute atomic E-state index is 0.210. The van der Waals surface area contributed by atoms with Crippen LogP contribution in [-0.2, 0) is 20.8 Å². The van der Waals surface area contributed by atoms with Crippen molar-refractivity contribution >= 4 is 15.9 Å². The fourth-order valence-electron chi connectivity index (χ4n) is 4.07. The first-order valence-electron chi connectivity index (χ1n) is 11.1. The first-order chi connectivity index (χ1) is 16.8. The van der Waals surface area contributed by atoms with Crippen molar-refractivity contribution in [2.24, 2.45) is 0 Å². The van der Waals surface area contributed by atoms with E-state index in [2.05, 4.69) is 10.3 Å². The van der Waals surface area contributed by atoms with Gasteiger partial charge in [0.25, 0.3) is 0 Å². The molecule has 1 heterocycles. The third-order valence-electron chi connectivity index (χ3n) is 6.24. The molecule has 194 valence electrons. The summed E-state index contributed by atoms with van der Waals surface area (Å²) >= 11 is 0. The zero-order chi connectivity index (χ0) is 26.7. The molecule has 2 atom stereocenters. The van der Waals surface area contributed by atoms with Gasteiger partial charge in [-0.2, -0.15) is 18.4 Å². The molecule has 4 rings (SSSR count). The number of nitriles is 1. The number of ether oxygens (including phenoxy) is 1. The Morgan fingerprint density at radius 2 is 1.89 bits per heavy atom. The fraction of sp³-hybridized carbons (Fsp3) is 0.458. The van der Waals surface area contributed by atoms with E-state index in [0.29, 0.717) is 42.5 Å². The average molecular weight is 526 g/mol. The second kappa shape index (κ2) is 10.4. The molecule has 1 amide bonds. The topological polar surface area (TPSA) is 129 Å². The number of nitrogens with one attached hydrogen (secondary N) is 1. The van der Waals surface area contributed by atoms with Crippen LogP contribution in [-0.4, -0.2) is 48.6 Å². The molecule has 2 aromatic rings.